The Morgan fingerprint density at radius 1 is 1.38 bits per heavy atom. The van der Waals surface area contributed by atoms with Crippen molar-refractivity contribution in [2.45, 2.75) is 26.2 Å². The Hall–Kier alpha value is -1.02. The lowest BCUT2D eigenvalue weighted by atomic mass is 9.68. The first-order chi connectivity index (χ1) is 7.65. The minimum atomic E-state index is 0.387. The van der Waals surface area contributed by atoms with Gasteiger partial charge in [0.15, 0.2) is 0 Å². The van der Waals surface area contributed by atoms with Crippen LogP contribution in [-0.4, -0.2) is 20.1 Å². The van der Waals surface area contributed by atoms with Crippen molar-refractivity contribution in [3.8, 4) is 0 Å². The van der Waals surface area contributed by atoms with Crippen LogP contribution in [0.5, 0.6) is 0 Å². The number of nitrogens with zero attached hydrogens (tertiary/aromatic N) is 1. The van der Waals surface area contributed by atoms with Crippen molar-refractivity contribution in [1.82, 2.24) is 0 Å². The SMILES string of the molecule is Cc1cccc(N(C)CC2(CN)CCC2)c1. The lowest BCUT2D eigenvalue weighted by Crippen LogP contribution is -2.46. The minimum absolute atomic E-state index is 0.387. The highest BCUT2D eigenvalue weighted by molar-refractivity contribution is 5.47. The summed E-state index contributed by atoms with van der Waals surface area (Å²) in [6, 6.07) is 8.68. The third-order valence-corrected chi connectivity index (χ3v) is 3.86. The first-order valence-electron chi connectivity index (χ1n) is 6.13. The molecule has 1 aromatic rings. The highest BCUT2D eigenvalue weighted by Crippen LogP contribution is 2.40. The van der Waals surface area contributed by atoms with Gasteiger partial charge in [-0.15, -0.1) is 0 Å². The molecule has 0 aromatic heterocycles. The van der Waals surface area contributed by atoms with Crippen molar-refractivity contribution in [3.05, 3.63) is 29.8 Å². The van der Waals surface area contributed by atoms with Crippen LogP contribution >= 0.6 is 0 Å². The van der Waals surface area contributed by atoms with E-state index in [9.17, 15) is 0 Å². The van der Waals surface area contributed by atoms with E-state index in [1.165, 1.54) is 30.5 Å². The van der Waals surface area contributed by atoms with E-state index < -0.39 is 0 Å². The Labute approximate surface area is 98.4 Å². The van der Waals surface area contributed by atoms with Crippen molar-refractivity contribution in [3.63, 3.8) is 0 Å². The van der Waals surface area contributed by atoms with Gasteiger partial charge >= 0.3 is 0 Å². The summed E-state index contributed by atoms with van der Waals surface area (Å²) in [6.45, 7) is 4.05. The van der Waals surface area contributed by atoms with Crippen LogP contribution in [0.1, 0.15) is 24.8 Å². The van der Waals surface area contributed by atoms with E-state index in [2.05, 4.69) is 43.1 Å². The molecule has 2 nitrogen and oxygen atoms in total. The van der Waals surface area contributed by atoms with E-state index in [1.807, 2.05) is 0 Å². The lowest BCUT2D eigenvalue weighted by molar-refractivity contribution is 0.154. The van der Waals surface area contributed by atoms with Crippen LogP contribution < -0.4 is 10.6 Å². The van der Waals surface area contributed by atoms with Crippen LogP contribution in [0.3, 0.4) is 0 Å². The van der Waals surface area contributed by atoms with Gasteiger partial charge in [0.25, 0.3) is 0 Å². The molecule has 1 aliphatic carbocycles. The molecule has 0 unspecified atom stereocenters. The van der Waals surface area contributed by atoms with Crippen LogP contribution in [0.4, 0.5) is 5.69 Å². The topological polar surface area (TPSA) is 29.3 Å². The van der Waals surface area contributed by atoms with Gasteiger partial charge in [-0.2, -0.15) is 0 Å². The van der Waals surface area contributed by atoms with E-state index in [0.29, 0.717) is 5.41 Å². The van der Waals surface area contributed by atoms with Crippen molar-refractivity contribution in [1.29, 1.82) is 0 Å². The lowest BCUT2D eigenvalue weighted by Gasteiger charge is -2.44. The van der Waals surface area contributed by atoms with Gasteiger partial charge in [-0.05, 0) is 44.0 Å². The maximum absolute atomic E-state index is 5.90. The van der Waals surface area contributed by atoms with Gasteiger partial charge < -0.3 is 10.6 Å². The molecule has 1 aliphatic rings. The fourth-order valence-corrected chi connectivity index (χ4v) is 2.56. The van der Waals surface area contributed by atoms with Gasteiger partial charge in [0.1, 0.15) is 0 Å². The Morgan fingerprint density at radius 3 is 2.62 bits per heavy atom. The van der Waals surface area contributed by atoms with E-state index >= 15 is 0 Å². The summed E-state index contributed by atoms with van der Waals surface area (Å²) in [7, 11) is 2.17. The molecule has 0 radical (unpaired) electrons. The summed E-state index contributed by atoms with van der Waals surface area (Å²) >= 11 is 0. The molecular formula is C14H22N2. The second kappa shape index (κ2) is 4.46. The molecule has 0 aliphatic heterocycles. The van der Waals surface area contributed by atoms with Crippen molar-refractivity contribution < 1.29 is 0 Å². The van der Waals surface area contributed by atoms with E-state index in [-0.39, 0.29) is 0 Å². The van der Waals surface area contributed by atoms with E-state index in [0.717, 1.165) is 13.1 Å². The monoisotopic (exact) mass is 218 g/mol. The molecule has 0 amide bonds. The summed E-state index contributed by atoms with van der Waals surface area (Å²) in [5, 5.41) is 0. The van der Waals surface area contributed by atoms with Crippen LogP contribution in [-0.2, 0) is 0 Å². The Kier molecular flexibility index (Phi) is 3.20. The van der Waals surface area contributed by atoms with E-state index in [1.54, 1.807) is 0 Å². The third kappa shape index (κ3) is 2.22. The average molecular weight is 218 g/mol. The standard InChI is InChI=1S/C14H22N2/c1-12-5-3-6-13(9-12)16(2)11-14(10-15)7-4-8-14/h3,5-6,9H,4,7-8,10-11,15H2,1-2H3. The summed E-state index contributed by atoms with van der Waals surface area (Å²) in [4.78, 5) is 2.35. The van der Waals surface area contributed by atoms with Gasteiger partial charge in [0.2, 0.25) is 0 Å². The second-order valence-electron chi connectivity index (χ2n) is 5.25. The van der Waals surface area contributed by atoms with Crippen LogP contribution in [0, 0.1) is 12.3 Å². The average Bonchev–Trinajstić information content (AvgIpc) is 2.23. The number of benzene rings is 1. The Morgan fingerprint density at radius 2 is 2.12 bits per heavy atom. The number of rotatable bonds is 4. The predicted octanol–water partition coefficient (Wildman–Crippen LogP) is 2.56. The molecular weight excluding hydrogens is 196 g/mol. The quantitative estimate of drug-likeness (QED) is 0.841. The maximum Gasteiger partial charge on any atom is 0.0366 e. The van der Waals surface area contributed by atoms with Crippen LogP contribution in [0.2, 0.25) is 0 Å². The normalized spacial score (nSPS) is 17.9. The van der Waals surface area contributed by atoms with Crippen molar-refractivity contribution >= 4 is 5.69 Å². The molecule has 2 N–H and O–H groups in total. The second-order valence-corrected chi connectivity index (χ2v) is 5.25. The summed E-state index contributed by atoms with van der Waals surface area (Å²) in [6.07, 6.45) is 3.93. The van der Waals surface area contributed by atoms with Crippen LogP contribution in [0.15, 0.2) is 24.3 Å². The molecule has 0 bridgehead atoms. The minimum Gasteiger partial charge on any atom is -0.374 e. The van der Waals surface area contributed by atoms with Crippen molar-refractivity contribution in [2.24, 2.45) is 11.1 Å². The fourth-order valence-electron chi connectivity index (χ4n) is 2.56. The smallest absolute Gasteiger partial charge is 0.0366 e. The maximum atomic E-state index is 5.90. The molecule has 16 heavy (non-hydrogen) atoms. The van der Waals surface area contributed by atoms with Gasteiger partial charge in [-0.25, -0.2) is 0 Å². The van der Waals surface area contributed by atoms with Crippen molar-refractivity contribution in [2.75, 3.05) is 25.0 Å². The number of hydrogen-bond acceptors (Lipinski definition) is 2. The largest absolute Gasteiger partial charge is 0.374 e. The highest BCUT2D eigenvalue weighted by Gasteiger charge is 2.36. The summed E-state index contributed by atoms with van der Waals surface area (Å²) in [5.74, 6) is 0. The third-order valence-electron chi connectivity index (χ3n) is 3.86. The number of nitrogens with two attached hydrogens (primary N) is 1. The predicted molar refractivity (Wildman–Crippen MR) is 69.8 cm³/mol. The van der Waals surface area contributed by atoms with Crippen LogP contribution in [0.25, 0.3) is 0 Å². The molecule has 0 atom stereocenters. The zero-order chi connectivity index (χ0) is 11.6. The molecule has 2 heteroatoms. The first-order valence-corrected chi connectivity index (χ1v) is 6.13. The van der Waals surface area contributed by atoms with Gasteiger partial charge in [0.05, 0.1) is 0 Å². The Balaban J connectivity index is 2.05. The van der Waals surface area contributed by atoms with Gasteiger partial charge in [-0.1, -0.05) is 18.6 Å². The zero-order valence-corrected chi connectivity index (χ0v) is 10.4. The number of anilines is 1. The molecule has 2 rings (SSSR count). The molecule has 0 saturated heterocycles. The fraction of sp³-hybridized carbons (Fsp3) is 0.571. The van der Waals surface area contributed by atoms with E-state index in [4.69, 9.17) is 5.73 Å². The molecule has 1 fully saturated rings. The van der Waals surface area contributed by atoms with Gasteiger partial charge in [0, 0.05) is 24.7 Å². The molecule has 0 spiro atoms. The molecule has 1 saturated carbocycles. The summed E-state index contributed by atoms with van der Waals surface area (Å²) in [5.41, 5.74) is 8.91. The van der Waals surface area contributed by atoms with Gasteiger partial charge in [-0.3, -0.25) is 0 Å². The summed E-state index contributed by atoms with van der Waals surface area (Å²) < 4.78 is 0. The number of hydrogen-bond donors (Lipinski definition) is 1. The number of aryl methyl sites for hydroxylation is 1. The zero-order valence-electron chi connectivity index (χ0n) is 10.4. The molecule has 0 heterocycles. The highest BCUT2D eigenvalue weighted by atomic mass is 15.1. The Bertz CT molecular complexity index is 350. The first kappa shape index (κ1) is 11.5. The molecule has 88 valence electrons. The molecule has 1 aromatic carbocycles.